The van der Waals surface area contributed by atoms with E-state index in [0.717, 1.165) is 12.1 Å². The van der Waals surface area contributed by atoms with Crippen LogP contribution in [-0.2, 0) is 10.0 Å². The molecule has 0 atom stereocenters. The summed E-state index contributed by atoms with van der Waals surface area (Å²) in [5.74, 6) is -0.399. The van der Waals surface area contributed by atoms with Crippen LogP contribution in [0.25, 0.3) is 0 Å². The fourth-order valence-electron chi connectivity index (χ4n) is 2.66. The normalized spacial score (nSPS) is 11.3. The van der Waals surface area contributed by atoms with Gasteiger partial charge in [0.25, 0.3) is 15.9 Å². The zero-order valence-corrected chi connectivity index (χ0v) is 18.3. The maximum Gasteiger partial charge on any atom is 0.261 e. The van der Waals surface area contributed by atoms with Crippen molar-refractivity contribution in [2.24, 2.45) is 0 Å². The Morgan fingerprint density at radius 3 is 2.19 bits per heavy atom. The van der Waals surface area contributed by atoms with E-state index >= 15 is 0 Å². The summed E-state index contributed by atoms with van der Waals surface area (Å²) >= 11 is 6.13. The summed E-state index contributed by atoms with van der Waals surface area (Å²) in [6, 6.07) is 15.4. The van der Waals surface area contributed by atoms with E-state index in [0.29, 0.717) is 11.4 Å². The van der Waals surface area contributed by atoms with Crippen LogP contribution in [0.5, 0.6) is 5.75 Å². The number of nitrogens with one attached hydrogen (secondary N) is 2. The molecule has 3 aromatic rings. The number of hydrogen-bond donors (Lipinski definition) is 2. The van der Waals surface area contributed by atoms with Crippen LogP contribution in [0.3, 0.4) is 0 Å². The number of halogens is 2. The summed E-state index contributed by atoms with van der Waals surface area (Å²) in [6.07, 6.45) is 0.0208. The molecule has 3 rings (SSSR count). The Hall–Kier alpha value is -3.10. The van der Waals surface area contributed by atoms with E-state index in [1.54, 1.807) is 24.3 Å². The van der Waals surface area contributed by atoms with Crippen LogP contribution in [0.4, 0.5) is 15.8 Å². The van der Waals surface area contributed by atoms with Crippen molar-refractivity contribution in [3.05, 3.63) is 83.1 Å². The van der Waals surface area contributed by atoms with Gasteiger partial charge in [-0.05, 0) is 80.6 Å². The number of amides is 1. The van der Waals surface area contributed by atoms with Gasteiger partial charge in [-0.25, -0.2) is 12.8 Å². The van der Waals surface area contributed by atoms with Gasteiger partial charge in [0.2, 0.25) is 0 Å². The first-order valence-corrected chi connectivity index (χ1v) is 11.2. The van der Waals surface area contributed by atoms with E-state index in [2.05, 4.69) is 10.0 Å². The quantitative estimate of drug-likeness (QED) is 0.497. The van der Waals surface area contributed by atoms with Gasteiger partial charge in [-0.3, -0.25) is 9.52 Å². The van der Waals surface area contributed by atoms with Crippen molar-refractivity contribution < 1.29 is 22.3 Å². The SMILES string of the molecule is CC(C)Oc1ccc(NC(=O)c2cc(S(=O)(=O)Nc3ccc(F)cc3)ccc2Cl)cc1. The summed E-state index contributed by atoms with van der Waals surface area (Å²) in [7, 11) is -4.02. The molecule has 3 aromatic carbocycles. The lowest BCUT2D eigenvalue weighted by Gasteiger charge is -2.12. The summed E-state index contributed by atoms with van der Waals surface area (Å²) in [5.41, 5.74) is 0.673. The van der Waals surface area contributed by atoms with Gasteiger partial charge in [0.05, 0.1) is 21.6 Å². The van der Waals surface area contributed by atoms with E-state index in [9.17, 15) is 17.6 Å². The highest BCUT2D eigenvalue weighted by Gasteiger charge is 2.19. The van der Waals surface area contributed by atoms with Gasteiger partial charge in [0.15, 0.2) is 0 Å². The molecule has 0 unspecified atom stereocenters. The minimum absolute atomic E-state index is 0.00819. The van der Waals surface area contributed by atoms with Gasteiger partial charge in [-0.1, -0.05) is 11.6 Å². The second kappa shape index (κ2) is 9.36. The molecular formula is C22H20ClFN2O4S. The summed E-state index contributed by atoms with van der Waals surface area (Å²) in [6.45, 7) is 3.81. The van der Waals surface area contributed by atoms with Crippen LogP contribution in [0, 0.1) is 5.82 Å². The highest BCUT2D eigenvalue weighted by molar-refractivity contribution is 7.92. The third-order valence-electron chi connectivity index (χ3n) is 4.07. The van der Waals surface area contributed by atoms with Crippen LogP contribution in [0.1, 0.15) is 24.2 Å². The van der Waals surface area contributed by atoms with Crippen molar-refractivity contribution in [3.63, 3.8) is 0 Å². The molecule has 0 spiro atoms. The molecule has 9 heteroatoms. The van der Waals surface area contributed by atoms with Crippen LogP contribution >= 0.6 is 11.6 Å². The van der Waals surface area contributed by atoms with E-state index in [-0.39, 0.29) is 27.3 Å². The molecule has 0 radical (unpaired) electrons. The van der Waals surface area contributed by atoms with Crippen LogP contribution < -0.4 is 14.8 Å². The molecule has 0 aliphatic carbocycles. The molecule has 0 saturated carbocycles. The number of benzene rings is 3. The monoisotopic (exact) mass is 462 g/mol. The molecule has 31 heavy (non-hydrogen) atoms. The molecule has 162 valence electrons. The first kappa shape index (κ1) is 22.6. The molecule has 2 N–H and O–H groups in total. The van der Waals surface area contributed by atoms with E-state index in [4.69, 9.17) is 16.3 Å². The average molecular weight is 463 g/mol. The second-order valence-corrected chi connectivity index (χ2v) is 8.99. The van der Waals surface area contributed by atoms with Crippen LogP contribution in [-0.4, -0.2) is 20.4 Å². The lowest BCUT2D eigenvalue weighted by Crippen LogP contribution is -2.16. The van der Waals surface area contributed by atoms with Crippen molar-refractivity contribution in [1.29, 1.82) is 0 Å². The lowest BCUT2D eigenvalue weighted by molar-refractivity contribution is 0.102. The smallest absolute Gasteiger partial charge is 0.261 e. The summed E-state index contributed by atoms with van der Waals surface area (Å²) in [4.78, 5) is 12.5. The standard InChI is InChI=1S/C22H20ClFN2O4S/c1-14(2)30-18-9-7-16(8-10-18)25-22(27)20-13-19(11-12-21(20)23)31(28,29)26-17-5-3-15(24)4-6-17/h3-14,26H,1-2H3,(H,25,27). The lowest BCUT2D eigenvalue weighted by atomic mass is 10.2. The van der Waals surface area contributed by atoms with Crippen molar-refractivity contribution in [3.8, 4) is 5.75 Å². The van der Waals surface area contributed by atoms with Gasteiger partial charge >= 0.3 is 0 Å². The fraction of sp³-hybridized carbons (Fsp3) is 0.136. The summed E-state index contributed by atoms with van der Waals surface area (Å²) in [5, 5.41) is 2.77. The number of sulfonamides is 1. The molecule has 1 amide bonds. The van der Waals surface area contributed by atoms with Gasteiger partial charge in [0.1, 0.15) is 11.6 Å². The maximum absolute atomic E-state index is 13.0. The molecule has 6 nitrogen and oxygen atoms in total. The first-order valence-electron chi connectivity index (χ1n) is 9.30. The van der Waals surface area contributed by atoms with E-state index in [1.807, 2.05) is 13.8 Å². The summed E-state index contributed by atoms with van der Waals surface area (Å²) < 4.78 is 46.3. The Balaban J connectivity index is 1.79. The first-order chi connectivity index (χ1) is 14.6. The number of anilines is 2. The van der Waals surface area contributed by atoms with Gasteiger partial charge in [0, 0.05) is 11.4 Å². The fourth-order valence-corrected chi connectivity index (χ4v) is 3.95. The Labute approximate surface area is 185 Å². The van der Waals surface area contributed by atoms with Crippen LogP contribution in [0.2, 0.25) is 5.02 Å². The number of carbonyl (C=O) groups excluding carboxylic acids is 1. The predicted molar refractivity (Wildman–Crippen MR) is 119 cm³/mol. The third-order valence-corrected chi connectivity index (χ3v) is 5.78. The maximum atomic E-state index is 13.0. The van der Waals surface area contributed by atoms with E-state index < -0.39 is 21.7 Å². The Kier molecular flexibility index (Phi) is 6.82. The minimum Gasteiger partial charge on any atom is -0.491 e. The zero-order chi connectivity index (χ0) is 22.6. The number of rotatable bonds is 7. The molecule has 0 heterocycles. The number of carbonyl (C=O) groups is 1. The second-order valence-electron chi connectivity index (χ2n) is 6.90. The molecule has 0 bridgehead atoms. The Morgan fingerprint density at radius 1 is 0.968 bits per heavy atom. The number of ether oxygens (including phenoxy) is 1. The van der Waals surface area contributed by atoms with Crippen LogP contribution in [0.15, 0.2) is 71.6 Å². The van der Waals surface area contributed by atoms with Gasteiger partial charge in [-0.2, -0.15) is 0 Å². The van der Waals surface area contributed by atoms with Gasteiger partial charge < -0.3 is 10.1 Å². The van der Waals surface area contributed by atoms with Crippen molar-refractivity contribution in [2.75, 3.05) is 10.0 Å². The zero-order valence-electron chi connectivity index (χ0n) is 16.7. The molecule has 0 aromatic heterocycles. The Morgan fingerprint density at radius 2 is 1.58 bits per heavy atom. The van der Waals surface area contributed by atoms with Crippen molar-refractivity contribution in [2.45, 2.75) is 24.8 Å². The largest absolute Gasteiger partial charge is 0.491 e. The predicted octanol–water partition coefficient (Wildman–Crippen LogP) is 5.32. The molecule has 0 fully saturated rings. The highest BCUT2D eigenvalue weighted by Crippen LogP contribution is 2.24. The molecule has 0 saturated heterocycles. The van der Waals surface area contributed by atoms with Crippen molar-refractivity contribution in [1.82, 2.24) is 0 Å². The minimum atomic E-state index is -4.02. The van der Waals surface area contributed by atoms with E-state index in [1.165, 1.54) is 30.3 Å². The van der Waals surface area contributed by atoms with Gasteiger partial charge in [-0.15, -0.1) is 0 Å². The highest BCUT2D eigenvalue weighted by atomic mass is 35.5. The van der Waals surface area contributed by atoms with Crippen molar-refractivity contribution >= 4 is 38.9 Å². The molecule has 0 aliphatic rings. The Bertz CT molecular complexity index is 1180. The topological polar surface area (TPSA) is 84.5 Å². The number of hydrogen-bond acceptors (Lipinski definition) is 4. The third kappa shape index (κ3) is 5.96. The molecule has 0 aliphatic heterocycles. The average Bonchev–Trinajstić information content (AvgIpc) is 2.71. The molecular weight excluding hydrogens is 443 g/mol.